The number of piperazine rings is 1. The molecule has 9 heavy (non-hydrogen) atoms. The third-order valence-electron chi connectivity index (χ3n) is 1.64. The quantitative estimate of drug-likeness (QED) is 0.495. The van der Waals surface area contributed by atoms with E-state index in [-0.39, 0.29) is 6.04 Å². The lowest BCUT2D eigenvalue weighted by atomic mass is 10.1. The number of hydrogen-bond acceptors (Lipinski definition) is 2. The van der Waals surface area contributed by atoms with Crippen LogP contribution in [0.15, 0.2) is 0 Å². The normalized spacial score (nSPS) is 32.0. The van der Waals surface area contributed by atoms with Crippen molar-refractivity contribution >= 4 is 0 Å². The maximum Gasteiger partial charge on any atom is 0.107 e. The van der Waals surface area contributed by atoms with Crippen LogP contribution >= 0.6 is 0 Å². The van der Waals surface area contributed by atoms with Crippen molar-refractivity contribution in [1.29, 1.82) is 0 Å². The Balaban J connectivity index is 2.23. The fourth-order valence-electron chi connectivity index (χ4n) is 1.01. The molecule has 1 aliphatic heterocycles. The molecule has 2 atom stereocenters. The van der Waals surface area contributed by atoms with Gasteiger partial charge in [-0.3, -0.25) is 0 Å². The highest BCUT2D eigenvalue weighted by Crippen LogP contribution is 1.93. The third kappa shape index (κ3) is 1.93. The highest BCUT2D eigenvalue weighted by atomic mass is 16.3. The maximum atomic E-state index is 10.8. The summed E-state index contributed by atoms with van der Waals surface area (Å²) in [4.78, 5) is 0. The molecule has 0 aliphatic carbocycles. The standard InChI is InChI=1S/C6H13N2O/c1-5(9)6-4-7-2-3-8-6/h5-8H,2-4H2,1H3. The van der Waals surface area contributed by atoms with Crippen LogP contribution in [0.2, 0.25) is 0 Å². The van der Waals surface area contributed by atoms with Gasteiger partial charge in [0.05, 0.1) is 0 Å². The molecule has 1 radical (unpaired) electrons. The molecule has 1 rings (SSSR count). The summed E-state index contributed by atoms with van der Waals surface area (Å²) in [6.07, 6.45) is -0.488. The van der Waals surface area contributed by atoms with E-state index in [0.717, 1.165) is 19.6 Å². The van der Waals surface area contributed by atoms with E-state index < -0.39 is 6.10 Å². The Morgan fingerprint density at radius 2 is 2.33 bits per heavy atom. The summed E-state index contributed by atoms with van der Waals surface area (Å²) in [6.45, 7) is 4.44. The SMILES string of the molecule is CC([O])C1CNCCN1. The molecule has 1 saturated heterocycles. The van der Waals surface area contributed by atoms with Crippen LogP contribution in [-0.2, 0) is 5.11 Å². The number of rotatable bonds is 1. The molecule has 53 valence electrons. The Morgan fingerprint density at radius 3 is 2.67 bits per heavy atom. The molecule has 0 aromatic rings. The van der Waals surface area contributed by atoms with Gasteiger partial charge in [0, 0.05) is 25.7 Å². The monoisotopic (exact) mass is 129 g/mol. The molecule has 3 nitrogen and oxygen atoms in total. The zero-order chi connectivity index (χ0) is 6.69. The van der Waals surface area contributed by atoms with E-state index >= 15 is 0 Å². The molecule has 1 fully saturated rings. The molecule has 1 aliphatic rings. The van der Waals surface area contributed by atoms with Crippen molar-refractivity contribution in [1.82, 2.24) is 10.6 Å². The Morgan fingerprint density at radius 1 is 1.56 bits per heavy atom. The number of nitrogens with one attached hydrogen (secondary N) is 2. The smallest absolute Gasteiger partial charge is 0.107 e. The predicted molar refractivity (Wildman–Crippen MR) is 34.8 cm³/mol. The van der Waals surface area contributed by atoms with Crippen LogP contribution in [0, 0.1) is 0 Å². The summed E-state index contributed by atoms with van der Waals surface area (Å²) in [6, 6.07) is 0.138. The predicted octanol–water partition coefficient (Wildman–Crippen LogP) is -0.633. The van der Waals surface area contributed by atoms with Crippen LogP contribution in [0.25, 0.3) is 0 Å². The molecular formula is C6H13N2O. The first-order chi connectivity index (χ1) is 4.30. The molecule has 3 heteroatoms. The first kappa shape index (κ1) is 6.99. The van der Waals surface area contributed by atoms with E-state index in [0.29, 0.717) is 0 Å². The van der Waals surface area contributed by atoms with Gasteiger partial charge in [0.1, 0.15) is 6.10 Å². The minimum atomic E-state index is -0.488. The Bertz CT molecular complexity index is 79.1. The van der Waals surface area contributed by atoms with Crippen molar-refractivity contribution in [2.24, 2.45) is 0 Å². The van der Waals surface area contributed by atoms with E-state index in [9.17, 15) is 5.11 Å². The fraction of sp³-hybridized carbons (Fsp3) is 1.00. The topological polar surface area (TPSA) is 44.0 Å². The number of hydrogen-bond donors (Lipinski definition) is 2. The largest absolute Gasteiger partial charge is 0.314 e. The summed E-state index contributed by atoms with van der Waals surface area (Å²) in [7, 11) is 0. The summed E-state index contributed by atoms with van der Waals surface area (Å²) in [5.41, 5.74) is 0. The Hall–Kier alpha value is -0.120. The van der Waals surface area contributed by atoms with Gasteiger partial charge in [-0.2, -0.15) is 0 Å². The van der Waals surface area contributed by atoms with Crippen molar-refractivity contribution in [3.63, 3.8) is 0 Å². The summed E-state index contributed by atoms with van der Waals surface area (Å²) in [5.74, 6) is 0. The second kappa shape index (κ2) is 3.15. The molecule has 1 heterocycles. The van der Waals surface area contributed by atoms with Gasteiger partial charge in [-0.25, -0.2) is 5.11 Å². The van der Waals surface area contributed by atoms with E-state index in [2.05, 4.69) is 10.6 Å². The van der Waals surface area contributed by atoms with E-state index in [1.54, 1.807) is 6.92 Å². The Kier molecular flexibility index (Phi) is 2.45. The molecular weight excluding hydrogens is 116 g/mol. The molecule has 0 aromatic carbocycles. The second-order valence-corrected chi connectivity index (χ2v) is 2.47. The first-order valence-electron chi connectivity index (χ1n) is 3.40. The lowest BCUT2D eigenvalue weighted by molar-refractivity contribution is 0.0641. The van der Waals surface area contributed by atoms with Gasteiger partial charge in [0.2, 0.25) is 0 Å². The molecule has 0 amide bonds. The summed E-state index contributed by atoms with van der Waals surface area (Å²) < 4.78 is 0. The third-order valence-corrected chi connectivity index (χ3v) is 1.64. The van der Waals surface area contributed by atoms with Gasteiger partial charge >= 0.3 is 0 Å². The molecule has 0 spiro atoms. The molecule has 2 unspecified atom stereocenters. The van der Waals surface area contributed by atoms with Crippen LogP contribution in [0.1, 0.15) is 6.92 Å². The van der Waals surface area contributed by atoms with Crippen molar-refractivity contribution in [3.05, 3.63) is 0 Å². The van der Waals surface area contributed by atoms with Crippen molar-refractivity contribution in [3.8, 4) is 0 Å². The fourth-order valence-corrected chi connectivity index (χ4v) is 1.01. The Labute approximate surface area is 55.5 Å². The summed E-state index contributed by atoms with van der Waals surface area (Å²) in [5, 5.41) is 17.1. The molecule has 0 aromatic heterocycles. The van der Waals surface area contributed by atoms with E-state index in [1.807, 2.05) is 0 Å². The highest BCUT2D eigenvalue weighted by molar-refractivity contribution is 4.78. The van der Waals surface area contributed by atoms with Crippen molar-refractivity contribution < 1.29 is 5.11 Å². The minimum Gasteiger partial charge on any atom is -0.314 e. The summed E-state index contributed by atoms with van der Waals surface area (Å²) >= 11 is 0. The molecule has 0 bridgehead atoms. The van der Waals surface area contributed by atoms with Gasteiger partial charge in [-0.15, -0.1) is 0 Å². The maximum absolute atomic E-state index is 10.8. The van der Waals surface area contributed by atoms with Crippen LogP contribution in [0.3, 0.4) is 0 Å². The van der Waals surface area contributed by atoms with Crippen molar-refractivity contribution in [2.45, 2.75) is 19.1 Å². The van der Waals surface area contributed by atoms with Crippen LogP contribution in [0.4, 0.5) is 0 Å². The van der Waals surface area contributed by atoms with Crippen molar-refractivity contribution in [2.75, 3.05) is 19.6 Å². The average molecular weight is 129 g/mol. The van der Waals surface area contributed by atoms with Gasteiger partial charge < -0.3 is 10.6 Å². The van der Waals surface area contributed by atoms with Crippen LogP contribution in [0.5, 0.6) is 0 Å². The van der Waals surface area contributed by atoms with Gasteiger partial charge in [-0.1, -0.05) is 0 Å². The zero-order valence-electron chi connectivity index (χ0n) is 5.68. The zero-order valence-corrected chi connectivity index (χ0v) is 5.68. The van der Waals surface area contributed by atoms with E-state index in [1.165, 1.54) is 0 Å². The minimum absolute atomic E-state index is 0.138. The highest BCUT2D eigenvalue weighted by Gasteiger charge is 2.17. The van der Waals surface area contributed by atoms with E-state index in [4.69, 9.17) is 0 Å². The molecule has 0 saturated carbocycles. The van der Waals surface area contributed by atoms with Gasteiger partial charge in [0.15, 0.2) is 0 Å². The second-order valence-electron chi connectivity index (χ2n) is 2.47. The lowest BCUT2D eigenvalue weighted by Gasteiger charge is -2.25. The molecule has 2 N–H and O–H groups in total. The van der Waals surface area contributed by atoms with Crippen LogP contribution in [-0.4, -0.2) is 31.8 Å². The first-order valence-corrected chi connectivity index (χ1v) is 3.40. The van der Waals surface area contributed by atoms with Gasteiger partial charge in [0.25, 0.3) is 0 Å². The lowest BCUT2D eigenvalue weighted by Crippen LogP contribution is -2.52. The average Bonchev–Trinajstić information content (AvgIpc) is 1.90. The van der Waals surface area contributed by atoms with Crippen LogP contribution < -0.4 is 10.6 Å². The van der Waals surface area contributed by atoms with Gasteiger partial charge in [-0.05, 0) is 6.92 Å².